The van der Waals surface area contributed by atoms with Crippen LogP contribution in [0.5, 0.6) is 0 Å². The number of aromatic amines is 1. The third kappa shape index (κ3) is 2.18. The molecule has 0 amide bonds. The summed E-state index contributed by atoms with van der Waals surface area (Å²) in [4.78, 5) is 3.44. The van der Waals surface area contributed by atoms with Gasteiger partial charge in [-0.25, -0.2) is 8.42 Å². The van der Waals surface area contributed by atoms with Gasteiger partial charge in [-0.1, -0.05) is 24.3 Å². The SMILES string of the molecule is O=S(=O)(c1cccs1)N1CCc2[nH]c3ccccc3c2CC1. The Hall–Kier alpha value is -1.63. The van der Waals surface area contributed by atoms with E-state index in [1.807, 2.05) is 12.1 Å². The van der Waals surface area contributed by atoms with E-state index in [0.29, 0.717) is 17.3 Å². The zero-order valence-electron chi connectivity index (χ0n) is 12.0. The summed E-state index contributed by atoms with van der Waals surface area (Å²) < 4.78 is 27.4. The van der Waals surface area contributed by atoms with Crippen LogP contribution >= 0.6 is 11.3 Å². The van der Waals surface area contributed by atoms with Crippen LogP contribution in [0.3, 0.4) is 0 Å². The Labute approximate surface area is 133 Å². The highest BCUT2D eigenvalue weighted by Gasteiger charge is 2.28. The highest BCUT2D eigenvalue weighted by atomic mass is 32.2. The molecule has 0 spiro atoms. The van der Waals surface area contributed by atoms with E-state index in [9.17, 15) is 8.42 Å². The molecule has 3 heterocycles. The molecule has 22 heavy (non-hydrogen) atoms. The number of benzene rings is 1. The molecule has 1 aliphatic heterocycles. The number of nitrogens with one attached hydrogen (secondary N) is 1. The van der Waals surface area contributed by atoms with Crippen LogP contribution in [0, 0.1) is 0 Å². The maximum Gasteiger partial charge on any atom is 0.252 e. The van der Waals surface area contributed by atoms with Gasteiger partial charge in [0.05, 0.1) is 0 Å². The van der Waals surface area contributed by atoms with Gasteiger partial charge < -0.3 is 4.98 Å². The number of hydrogen-bond donors (Lipinski definition) is 1. The van der Waals surface area contributed by atoms with Crippen molar-refractivity contribution in [3.63, 3.8) is 0 Å². The smallest absolute Gasteiger partial charge is 0.252 e. The van der Waals surface area contributed by atoms with Gasteiger partial charge in [0.2, 0.25) is 0 Å². The monoisotopic (exact) mass is 332 g/mol. The Morgan fingerprint density at radius 3 is 2.68 bits per heavy atom. The molecule has 4 nitrogen and oxygen atoms in total. The van der Waals surface area contributed by atoms with E-state index in [2.05, 4.69) is 17.1 Å². The van der Waals surface area contributed by atoms with Crippen LogP contribution in [0.25, 0.3) is 10.9 Å². The van der Waals surface area contributed by atoms with Crippen LogP contribution < -0.4 is 0 Å². The predicted molar refractivity (Wildman–Crippen MR) is 88.8 cm³/mol. The van der Waals surface area contributed by atoms with Gasteiger partial charge in [-0.05, 0) is 29.5 Å². The third-order valence-electron chi connectivity index (χ3n) is 4.21. The normalized spacial score (nSPS) is 16.5. The van der Waals surface area contributed by atoms with E-state index in [0.717, 1.165) is 18.4 Å². The lowest BCUT2D eigenvalue weighted by Crippen LogP contribution is -2.32. The van der Waals surface area contributed by atoms with E-state index < -0.39 is 10.0 Å². The van der Waals surface area contributed by atoms with Crippen molar-refractivity contribution in [2.24, 2.45) is 0 Å². The highest BCUT2D eigenvalue weighted by molar-refractivity contribution is 7.91. The molecule has 0 bridgehead atoms. The molecule has 0 saturated carbocycles. The van der Waals surface area contributed by atoms with Crippen molar-refractivity contribution in [1.82, 2.24) is 9.29 Å². The number of hydrogen-bond acceptors (Lipinski definition) is 3. The van der Waals surface area contributed by atoms with Crippen molar-refractivity contribution in [1.29, 1.82) is 0 Å². The molecular formula is C16H16N2O2S2. The summed E-state index contributed by atoms with van der Waals surface area (Å²) in [5, 5.41) is 3.02. The molecule has 0 unspecified atom stereocenters. The first-order valence-corrected chi connectivity index (χ1v) is 9.60. The Morgan fingerprint density at radius 2 is 1.86 bits per heavy atom. The molecule has 0 fully saturated rings. The number of para-hydroxylation sites is 1. The fraction of sp³-hybridized carbons (Fsp3) is 0.250. The molecule has 2 aromatic heterocycles. The fourth-order valence-corrected chi connectivity index (χ4v) is 5.70. The van der Waals surface area contributed by atoms with E-state index in [4.69, 9.17) is 0 Å². The van der Waals surface area contributed by atoms with Crippen LogP contribution in [0.2, 0.25) is 0 Å². The predicted octanol–water partition coefficient (Wildman–Crippen LogP) is 3.02. The standard InChI is InChI=1S/C16H16N2O2S2/c19-22(20,16-6-3-11-21-16)18-9-7-13-12-4-1-2-5-14(12)17-15(13)8-10-18/h1-6,11,17H,7-10H2. The van der Waals surface area contributed by atoms with Crippen LogP contribution in [0.15, 0.2) is 46.0 Å². The van der Waals surface area contributed by atoms with Gasteiger partial charge in [0.25, 0.3) is 10.0 Å². The van der Waals surface area contributed by atoms with Gasteiger partial charge in [-0.3, -0.25) is 0 Å². The molecule has 0 atom stereocenters. The Morgan fingerprint density at radius 1 is 1.05 bits per heavy atom. The minimum atomic E-state index is -3.35. The lowest BCUT2D eigenvalue weighted by Gasteiger charge is -2.18. The van der Waals surface area contributed by atoms with Crippen LogP contribution in [0.4, 0.5) is 0 Å². The molecule has 1 N–H and O–H groups in total. The summed E-state index contributed by atoms with van der Waals surface area (Å²) in [5.74, 6) is 0. The molecule has 114 valence electrons. The van der Waals surface area contributed by atoms with Gasteiger partial charge in [0.15, 0.2) is 0 Å². The number of aromatic nitrogens is 1. The maximum atomic E-state index is 12.7. The maximum absolute atomic E-state index is 12.7. The number of rotatable bonds is 2. The molecule has 0 saturated heterocycles. The van der Waals surface area contributed by atoms with Gasteiger partial charge in [0, 0.05) is 36.1 Å². The van der Waals surface area contributed by atoms with E-state index in [-0.39, 0.29) is 0 Å². The van der Waals surface area contributed by atoms with Crippen molar-refractivity contribution in [2.75, 3.05) is 13.1 Å². The first kappa shape index (κ1) is 14.0. The summed E-state index contributed by atoms with van der Waals surface area (Å²) >= 11 is 1.28. The first-order chi connectivity index (χ1) is 10.7. The lowest BCUT2D eigenvalue weighted by atomic mass is 10.1. The summed E-state index contributed by atoms with van der Waals surface area (Å²) in [6, 6.07) is 11.7. The second-order valence-corrected chi connectivity index (χ2v) is 8.58. The van der Waals surface area contributed by atoms with Gasteiger partial charge >= 0.3 is 0 Å². The zero-order chi connectivity index (χ0) is 15.2. The molecule has 1 aromatic carbocycles. The van der Waals surface area contributed by atoms with Gasteiger partial charge in [0.1, 0.15) is 4.21 Å². The minimum absolute atomic E-state index is 0.433. The number of thiophene rings is 1. The summed E-state index contributed by atoms with van der Waals surface area (Å²) in [7, 11) is -3.35. The topological polar surface area (TPSA) is 53.2 Å². The second kappa shape index (κ2) is 5.22. The highest BCUT2D eigenvalue weighted by Crippen LogP contribution is 2.28. The largest absolute Gasteiger partial charge is 0.358 e. The Kier molecular flexibility index (Phi) is 3.32. The molecule has 0 aliphatic carbocycles. The molecule has 1 aliphatic rings. The number of sulfonamides is 1. The van der Waals surface area contributed by atoms with Crippen LogP contribution in [0.1, 0.15) is 11.3 Å². The molecule has 6 heteroatoms. The fourth-order valence-electron chi connectivity index (χ4n) is 3.12. The number of H-pyrrole nitrogens is 1. The lowest BCUT2D eigenvalue weighted by molar-refractivity contribution is 0.427. The zero-order valence-corrected chi connectivity index (χ0v) is 13.6. The summed E-state index contributed by atoms with van der Waals surface area (Å²) in [5.41, 5.74) is 3.58. The quantitative estimate of drug-likeness (QED) is 0.784. The van der Waals surface area contributed by atoms with E-state index >= 15 is 0 Å². The number of nitrogens with zero attached hydrogens (tertiary/aromatic N) is 1. The van der Waals surface area contributed by atoms with Gasteiger partial charge in [-0.2, -0.15) is 4.31 Å². The Bertz CT molecular complexity index is 911. The van der Waals surface area contributed by atoms with Crippen molar-refractivity contribution in [3.8, 4) is 0 Å². The second-order valence-electron chi connectivity index (χ2n) is 5.46. The van der Waals surface area contributed by atoms with Crippen LogP contribution in [-0.2, 0) is 22.9 Å². The average molecular weight is 332 g/mol. The molecule has 3 aromatic rings. The molecule has 0 radical (unpaired) electrons. The summed E-state index contributed by atoms with van der Waals surface area (Å²) in [6.45, 7) is 1.06. The molecular weight excluding hydrogens is 316 g/mol. The summed E-state index contributed by atoms with van der Waals surface area (Å²) in [6.07, 6.45) is 1.48. The number of fused-ring (bicyclic) bond motifs is 3. The van der Waals surface area contributed by atoms with E-state index in [1.165, 1.54) is 28.0 Å². The third-order valence-corrected chi connectivity index (χ3v) is 7.49. The van der Waals surface area contributed by atoms with E-state index in [1.54, 1.807) is 21.8 Å². The van der Waals surface area contributed by atoms with Crippen molar-refractivity contribution in [2.45, 2.75) is 17.1 Å². The van der Waals surface area contributed by atoms with Crippen molar-refractivity contribution in [3.05, 3.63) is 53.0 Å². The van der Waals surface area contributed by atoms with Crippen molar-refractivity contribution < 1.29 is 8.42 Å². The van der Waals surface area contributed by atoms with Gasteiger partial charge in [-0.15, -0.1) is 11.3 Å². The average Bonchev–Trinajstić information content (AvgIpc) is 3.11. The molecule has 4 rings (SSSR count). The first-order valence-electron chi connectivity index (χ1n) is 7.28. The van der Waals surface area contributed by atoms with Crippen molar-refractivity contribution >= 4 is 32.3 Å². The minimum Gasteiger partial charge on any atom is -0.358 e. The van der Waals surface area contributed by atoms with Crippen LogP contribution in [-0.4, -0.2) is 30.8 Å². The Balaban J connectivity index is 1.67.